The summed E-state index contributed by atoms with van der Waals surface area (Å²) in [5.41, 5.74) is 1.55. The Morgan fingerprint density at radius 1 is 1.21 bits per heavy atom. The van der Waals surface area contributed by atoms with Crippen LogP contribution in [0.1, 0.15) is 41.3 Å². The molecule has 148 valence electrons. The van der Waals surface area contributed by atoms with E-state index in [0.717, 1.165) is 19.4 Å². The Morgan fingerprint density at radius 2 is 2.00 bits per heavy atom. The molecule has 0 aromatic heterocycles. The molecule has 0 fully saturated rings. The molecule has 28 heavy (non-hydrogen) atoms. The summed E-state index contributed by atoms with van der Waals surface area (Å²) in [6, 6.07) is 9.22. The van der Waals surface area contributed by atoms with Gasteiger partial charge in [-0.15, -0.1) is 11.0 Å². The van der Waals surface area contributed by atoms with Gasteiger partial charge in [0.1, 0.15) is 5.75 Å². The second kappa shape index (κ2) is 8.43. The number of ketones is 1. The lowest BCUT2D eigenvalue weighted by molar-refractivity contribution is -0.269. The number of benzene rings is 2. The lowest BCUT2D eigenvalue weighted by Gasteiger charge is -2.22. The first-order chi connectivity index (χ1) is 13.4. The standard InChI is InChI=1S/C21H24N2O5/c1-3-4-10-22(2)13-17-18(24)9-8-16-20(25)19(28-21(16)17)12-14-6-5-7-15(11-14)23(26)27/h5-9,11-12,24,26-27H,3-4,10,13H2,1-2H3/p-1. The molecule has 1 aliphatic rings. The number of hydrogen-bond acceptors (Lipinski definition) is 7. The van der Waals surface area contributed by atoms with Crippen LogP contribution in [0.5, 0.6) is 11.5 Å². The summed E-state index contributed by atoms with van der Waals surface area (Å²) in [6.07, 6.45) is 3.60. The minimum absolute atomic E-state index is 0.00202. The van der Waals surface area contributed by atoms with Crippen molar-refractivity contribution in [2.24, 2.45) is 0 Å². The maximum Gasteiger partial charge on any atom is 0.231 e. The maximum atomic E-state index is 12.7. The van der Waals surface area contributed by atoms with E-state index in [4.69, 9.17) is 15.2 Å². The molecule has 1 heterocycles. The molecule has 3 rings (SSSR count). The highest BCUT2D eigenvalue weighted by Gasteiger charge is 2.30. The van der Waals surface area contributed by atoms with Crippen molar-refractivity contribution < 1.29 is 25.1 Å². The van der Waals surface area contributed by atoms with Crippen molar-refractivity contribution in [3.05, 3.63) is 58.8 Å². The van der Waals surface area contributed by atoms with Gasteiger partial charge in [-0.3, -0.25) is 15.2 Å². The van der Waals surface area contributed by atoms with Crippen molar-refractivity contribution in [2.75, 3.05) is 18.8 Å². The van der Waals surface area contributed by atoms with Gasteiger partial charge < -0.3 is 14.7 Å². The molecular formula is C21H23N2O5-. The van der Waals surface area contributed by atoms with Gasteiger partial charge in [0.25, 0.3) is 0 Å². The smallest absolute Gasteiger partial charge is 0.231 e. The Kier molecular flexibility index (Phi) is 5.99. The van der Waals surface area contributed by atoms with Crippen LogP contribution >= 0.6 is 0 Å². The summed E-state index contributed by atoms with van der Waals surface area (Å²) in [5.74, 6) is -0.0519. The first-order valence-corrected chi connectivity index (χ1v) is 9.14. The van der Waals surface area contributed by atoms with Crippen LogP contribution in [0.25, 0.3) is 6.08 Å². The summed E-state index contributed by atoms with van der Waals surface area (Å²) in [4.78, 5) is 14.8. The maximum absolute atomic E-state index is 12.7. The lowest BCUT2D eigenvalue weighted by Crippen LogP contribution is -2.20. The van der Waals surface area contributed by atoms with Crippen LogP contribution in [-0.4, -0.2) is 34.7 Å². The van der Waals surface area contributed by atoms with Gasteiger partial charge in [-0.05, 0) is 49.9 Å². The second-order valence-corrected chi connectivity index (χ2v) is 6.83. The van der Waals surface area contributed by atoms with E-state index in [-0.39, 0.29) is 28.2 Å². The SMILES string of the molecule is CCCCN(C)Cc1c([O-])ccc2c1OC(=Cc1cccc(N(O)O)c1)C2=O. The highest BCUT2D eigenvalue weighted by Crippen LogP contribution is 2.39. The summed E-state index contributed by atoms with van der Waals surface area (Å²) < 4.78 is 5.79. The van der Waals surface area contributed by atoms with Crippen molar-refractivity contribution in [3.8, 4) is 11.5 Å². The van der Waals surface area contributed by atoms with E-state index in [9.17, 15) is 9.90 Å². The topological polar surface area (TPSA) is 96.3 Å². The van der Waals surface area contributed by atoms with Gasteiger partial charge in [0.05, 0.1) is 11.3 Å². The minimum Gasteiger partial charge on any atom is -0.872 e. The first kappa shape index (κ1) is 19.9. The van der Waals surface area contributed by atoms with Crippen LogP contribution in [0.15, 0.2) is 42.2 Å². The van der Waals surface area contributed by atoms with E-state index >= 15 is 0 Å². The van der Waals surface area contributed by atoms with Crippen LogP contribution in [0.3, 0.4) is 0 Å². The summed E-state index contributed by atoms with van der Waals surface area (Å²) in [5, 5.41) is 30.7. The summed E-state index contributed by atoms with van der Waals surface area (Å²) in [7, 11) is 1.93. The zero-order chi connectivity index (χ0) is 20.3. The van der Waals surface area contributed by atoms with Crippen LogP contribution in [0.4, 0.5) is 5.69 Å². The molecule has 0 atom stereocenters. The van der Waals surface area contributed by atoms with Crippen molar-refractivity contribution >= 4 is 17.5 Å². The Hall–Kier alpha value is -2.87. The van der Waals surface area contributed by atoms with Crippen LogP contribution in [-0.2, 0) is 6.54 Å². The largest absolute Gasteiger partial charge is 0.872 e. The van der Waals surface area contributed by atoms with Crippen molar-refractivity contribution in [3.63, 3.8) is 0 Å². The number of nitrogens with zero attached hydrogens (tertiary/aromatic N) is 2. The van der Waals surface area contributed by atoms with Crippen LogP contribution in [0, 0.1) is 0 Å². The molecule has 0 unspecified atom stereocenters. The molecule has 0 bridgehead atoms. The lowest BCUT2D eigenvalue weighted by atomic mass is 10.0. The van der Waals surface area contributed by atoms with Gasteiger partial charge in [-0.2, -0.15) is 0 Å². The summed E-state index contributed by atoms with van der Waals surface area (Å²) in [6.45, 7) is 3.36. The fourth-order valence-corrected chi connectivity index (χ4v) is 3.11. The Balaban J connectivity index is 1.90. The van der Waals surface area contributed by atoms with E-state index in [1.54, 1.807) is 12.1 Å². The van der Waals surface area contributed by atoms with Crippen LogP contribution in [0.2, 0.25) is 0 Å². The van der Waals surface area contributed by atoms with Crippen LogP contribution < -0.4 is 15.1 Å². The van der Waals surface area contributed by atoms with Crippen molar-refractivity contribution in [2.45, 2.75) is 26.3 Å². The second-order valence-electron chi connectivity index (χ2n) is 6.83. The molecule has 2 N–H and O–H groups in total. The third kappa shape index (κ3) is 4.17. The number of rotatable bonds is 7. The number of ether oxygens (including phenoxy) is 1. The van der Waals surface area contributed by atoms with Gasteiger partial charge in [-0.1, -0.05) is 31.5 Å². The molecule has 2 aromatic carbocycles. The van der Waals surface area contributed by atoms with E-state index < -0.39 is 0 Å². The molecule has 2 aromatic rings. The molecular weight excluding hydrogens is 360 g/mol. The van der Waals surface area contributed by atoms with E-state index in [1.165, 1.54) is 30.3 Å². The Bertz CT molecular complexity index is 908. The number of anilines is 1. The molecule has 0 saturated heterocycles. The predicted molar refractivity (Wildman–Crippen MR) is 103 cm³/mol. The molecule has 0 radical (unpaired) electrons. The average molecular weight is 383 g/mol. The molecule has 0 saturated carbocycles. The monoisotopic (exact) mass is 383 g/mol. The Labute approximate surface area is 163 Å². The number of unbranched alkanes of at least 4 members (excludes halogenated alkanes) is 1. The van der Waals surface area contributed by atoms with E-state index in [0.29, 0.717) is 29.0 Å². The number of allylic oxidation sites excluding steroid dienone is 1. The molecule has 0 amide bonds. The van der Waals surface area contributed by atoms with E-state index in [1.807, 2.05) is 11.9 Å². The Morgan fingerprint density at radius 3 is 2.71 bits per heavy atom. The van der Waals surface area contributed by atoms with E-state index in [2.05, 4.69) is 6.92 Å². The average Bonchev–Trinajstić information content (AvgIpc) is 2.98. The first-order valence-electron chi connectivity index (χ1n) is 9.14. The normalized spacial score (nSPS) is 14.5. The van der Waals surface area contributed by atoms with Crippen molar-refractivity contribution in [1.29, 1.82) is 0 Å². The van der Waals surface area contributed by atoms with Gasteiger partial charge in [0.15, 0.2) is 5.76 Å². The number of carbonyl (C=O) groups is 1. The van der Waals surface area contributed by atoms with Gasteiger partial charge >= 0.3 is 0 Å². The van der Waals surface area contributed by atoms with Gasteiger partial charge in [0, 0.05) is 12.1 Å². The molecule has 1 aliphatic heterocycles. The zero-order valence-electron chi connectivity index (χ0n) is 15.9. The van der Waals surface area contributed by atoms with Gasteiger partial charge in [0.2, 0.25) is 5.78 Å². The zero-order valence-corrected chi connectivity index (χ0v) is 15.9. The minimum atomic E-state index is -0.303. The quantitative estimate of drug-likeness (QED) is 0.560. The fourth-order valence-electron chi connectivity index (χ4n) is 3.11. The number of Topliss-reactive ketones (excluding diaryl/α,β-unsaturated/α-hetero) is 1. The number of hydrogen-bond donors (Lipinski definition) is 2. The number of fused-ring (bicyclic) bond motifs is 1. The highest BCUT2D eigenvalue weighted by atomic mass is 16.8. The van der Waals surface area contributed by atoms with Gasteiger partial charge in [-0.25, -0.2) is 0 Å². The molecule has 0 spiro atoms. The third-order valence-corrected chi connectivity index (χ3v) is 4.62. The number of carbonyl (C=O) groups excluding carboxylic acids is 1. The predicted octanol–water partition coefficient (Wildman–Crippen LogP) is 3.19. The van der Waals surface area contributed by atoms with Crippen molar-refractivity contribution in [1.82, 2.24) is 4.90 Å². The molecule has 0 aliphatic carbocycles. The molecule has 7 heteroatoms. The molecule has 7 nitrogen and oxygen atoms in total. The summed E-state index contributed by atoms with van der Waals surface area (Å²) >= 11 is 0. The third-order valence-electron chi connectivity index (χ3n) is 4.62. The highest BCUT2D eigenvalue weighted by molar-refractivity contribution is 6.15. The fraction of sp³-hybridized carbons (Fsp3) is 0.286.